The topological polar surface area (TPSA) is 91.7 Å². The third-order valence-corrected chi connectivity index (χ3v) is 2.05. The molecule has 0 aromatic heterocycles. The van der Waals surface area contributed by atoms with Crippen molar-refractivity contribution in [2.45, 2.75) is 19.6 Å². The van der Waals surface area contributed by atoms with Crippen LogP contribution in [-0.4, -0.2) is 33.3 Å². The number of benzene rings is 1. The molecule has 0 bridgehead atoms. The summed E-state index contributed by atoms with van der Waals surface area (Å²) in [5, 5.41) is 18.2. The van der Waals surface area contributed by atoms with Gasteiger partial charge in [0.05, 0.1) is 0 Å². The molecule has 1 aliphatic rings. The SMILES string of the molecule is CC(C)=O.O=C1c2ccccc2C(=O)C1(O)O. The molecule has 1 aromatic carbocycles. The molecule has 0 fully saturated rings. The van der Waals surface area contributed by atoms with Crippen LogP contribution in [0.5, 0.6) is 0 Å². The van der Waals surface area contributed by atoms with Crippen molar-refractivity contribution < 1.29 is 24.6 Å². The van der Waals surface area contributed by atoms with E-state index in [1.165, 1.54) is 26.0 Å². The maximum atomic E-state index is 11.2. The van der Waals surface area contributed by atoms with Crippen molar-refractivity contribution >= 4 is 17.3 Å². The largest absolute Gasteiger partial charge is 0.353 e. The summed E-state index contributed by atoms with van der Waals surface area (Å²) in [5.41, 5.74) is 0.134. The molecule has 5 heteroatoms. The van der Waals surface area contributed by atoms with E-state index in [9.17, 15) is 14.4 Å². The zero-order valence-corrected chi connectivity index (χ0v) is 9.43. The monoisotopic (exact) mass is 236 g/mol. The molecule has 90 valence electrons. The number of fused-ring (bicyclic) bond motifs is 1. The fourth-order valence-electron chi connectivity index (χ4n) is 1.36. The number of ketones is 3. The van der Waals surface area contributed by atoms with Gasteiger partial charge in [0.15, 0.2) is 0 Å². The number of carbonyl (C=O) groups excluding carboxylic acids is 3. The van der Waals surface area contributed by atoms with Gasteiger partial charge in [-0.3, -0.25) is 9.59 Å². The molecule has 2 rings (SSSR count). The first kappa shape index (κ1) is 13.2. The third-order valence-electron chi connectivity index (χ3n) is 2.05. The van der Waals surface area contributed by atoms with Crippen LogP contribution in [-0.2, 0) is 4.79 Å². The molecule has 2 N–H and O–H groups in total. The summed E-state index contributed by atoms with van der Waals surface area (Å²) in [6.07, 6.45) is 0. The summed E-state index contributed by atoms with van der Waals surface area (Å²) in [5.74, 6) is -4.59. The Morgan fingerprint density at radius 3 is 1.59 bits per heavy atom. The summed E-state index contributed by atoms with van der Waals surface area (Å²) in [6.45, 7) is 3.06. The van der Waals surface area contributed by atoms with Crippen molar-refractivity contribution in [3.8, 4) is 0 Å². The zero-order valence-electron chi connectivity index (χ0n) is 9.43. The average Bonchev–Trinajstić information content (AvgIpc) is 2.41. The number of rotatable bonds is 0. The van der Waals surface area contributed by atoms with Crippen LogP contribution in [0.15, 0.2) is 24.3 Å². The van der Waals surface area contributed by atoms with Crippen molar-refractivity contribution in [2.24, 2.45) is 0 Å². The summed E-state index contributed by atoms with van der Waals surface area (Å²) >= 11 is 0. The molecule has 0 atom stereocenters. The van der Waals surface area contributed by atoms with E-state index in [0.717, 1.165) is 0 Å². The molecular weight excluding hydrogens is 224 g/mol. The predicted molar refractivity (Wildman–Crippen MR) is 58.6 cm³/mol. The maximum Gasteiger partial charge on any atom is 0.295 e. The van der Waals surface area contributed by atoms with Crippen molar-refractivity contribution in [3.63, 3.8) is 0 Å². The van der Waals surface area contributed by atoms with E-state index in [4.69, 9.17) is 10.2 Å². The second-order valence-corrected chi connectivity index (χ2v) is 3.78. The van der Waals surface area contributed by atoms with Crippen molar-refractivity contribution in [1.82, 2.24) is 0 Å². The Morgan fingerprint density at radius 2 is 1.29 bits per heavy atom. The zero-order chi connectivity index (χ0) is 13.2. The fraction of sp³-hybridized carbons (Fsp3) is 0.250. The van der Waals surface area contributed by atoms with Crippen LogP contribution in [0.2, 0.25) is 0 Å². The lowest BCUT2D eigenvalue weighted by molar-refractivity contribution is -0.115. The Hall–Kier alpha value is -1.85. The van der Waals surface area contributed by atoms with E-state index >= 15 is 0 Å². The van der Waals surface area contributed by atoms with E-state index < -0.39 is 17.4 Å². The lowest BCUT2D eigenvalue weighted by atomic mass is 10.1. The first-order valence-corrected chi connectivity index (χ1v) is 4.89. The Labute approximate surface area is 97.7 Å². The van der Waals surface area contributed by atoms with E-state index in [1.54, 1.807) is 12.1 Å². The minimum Gasteiger partial charge on any atom is -0.353 e. The Balaban J connectivity index is 0.000000317. The van der Waals surface area contributed by atoms with Crippen LogP contribution >= 0.6 is 0 Å². The van der Waals surface area contributed by atoms with Gasteiger partial charge in [0, 0.05) is 11.1 Å². The third kappa shape index (κ3) is 2.46. The van der Waals surface area contributed by atoms with E-state index in [0.29, 0.717) is 0 Å². The molecule has 0 spiro atoms. The van der Waals surface area contributed by atoms with Gasteiger partial charge in [0.2, 0.25) is 11.6 Å². The lowest BCUT2D eigenvalue weighted by Crippen LogP contribution is -2.40. The van der Waals surface area contributed by atoms with Gasteiger partial charge in [0.25, 0.3) is 5.79 Å². The van der Waals surface area contributed by atoms with E-state index in [2.05, 4.69) is 0 Å². The number of hydrogen-bond donors (Lipinski definition) is 2. The molecule has 0 unspecified atom stereocenters. The van der Waals surface area contributed by atoms with Gasteiger partial charge in [-0.25, -0.2) is 0 Å². The van der Waals surface area contributed by atoms with E-state index in [-0.39, 0.29) is 16.9 Å². The Morgan fingerprint density at radius 1 is 1.00 bits per heavy atom. The van der Waals surface area contributed by atoms with Crippen LogP contribution < -0.4 is 0 Å². The standard InChI is InChI=1S/C9H6O4.C3H6O/c10-7-5-3-1-2-4-6(5)8(11)9(7,12)13;1-3(2)4/h1-4,12-13H;1-2H3. The first-order valence-electron chi connectivity index (χ1n) is 4.89. The molecule has 0 amide bonds. The van der Waals surface area contributed by atoms with Crippen LogP contribution in [0, 0.1) is 0 Å². The van der Waals surface area contributed by atoms with E-state index in [1.807, 2.05) is 0 Å². The molecule has 0 heterocycles. The average molecular weight is 236 g/mol. The number of hydrogen-bond acceptors (Lipinski definition) is 5. The number of Topliss-reactive ketones (excluding diaryl/α,β-unsaturated/α-hetero) is 3. The van der Waals surface area contributed by atoms with Gasteiger partial charge in [-0.05, 0) is 13.8 Å². The van der Waals surface area contributed by atoms with Gasteiger partial charge < -0.3 is 15.0 Å². The van der Waals surface area contributed by atoms with Crippen molar-refractivity contribution in [2.75, 3.05) is 0 Å². The summed E-state index contributed by atoms with van der Waals surface area (Å²) < 4.78 is 0. The summed E-state index contributed by atoms with van der Waals surface area (Å²) in [4.78, 5) is 31.9. The van der Waals surface area contributed by atoms with Crippen LogP contribution in [0.4, 0.5) is 0 Å². The predicted octanol–water partition coefficient (Wildman–Crippen LogP) is 0.342. The molecular formula is C12H12O5. The Kier molecular flexibility index (Phi) is 3.55. The molecule has 1 aliphatic carbocycles. The van der Waals surface area contributed by atoms with Crippen molar-refractivity contribution in [3.05, 3.63) is 35.4 Å². The van der Waals surface area contributed by atoms with Crippen LogP contribution in [0.3, 0.4) is 0 Å². The Bertz CT molecular complexity index is 446. The minimum absolute atomic E-state index is 0.0671. The summed E-state index contributed by atoms with van der Waals surface area (Å²) in [7, 11) is 0. The van der Waals surface area contributed by atoms with Gasteiger partial charge in [-0.2, -0.15) is 0 Å². The number of aliphatic hydroxyl groups is 2. The second kappa shape index (κ2) is 4.57. The molecule has 0 saturated carbocycles. The quantitative estimate of drug-likeness (QED) is 0.500. The van der Waals surface area contributed by atoms with Crippen molar-refractivity contribution in [1.29, 1.82) is 0 Å². The fourth-order valence-corrected chi connectivity index (χ4v) is 1.36. The highest BCUT2D eigenvalue weighted by molar-refractivity contribution is 6.30. The first-order chi connectivity index (χ1) is 7.78. The van der Waals surface area contributed by atoms with Crippen LogP contribution in [0.1, 0.15) is 34.6 Å². The lowest BCUT2D eigenvalue weighted by Gasteiger charge is -2.08. The highest BCUT2D eigenvalue weighted by atomic mass is 16.5. The molecule has 0 aliphatic heterocycles. The maximum absolute atomic E-state index is 11.2. The molecule has 0 radical (unpaired) electrons. The normalized spacial score (nSPS) is 16.0. The van der Waals surface area contributed by atoms with Gasteiger partial charge >= 0.3 is 0 Å². The number of carbonyl (C=O) groups is 3. The smallest absolute Gasteiger partial charge is 0.295 e. The van der Waals surface area contributed by atoms with Gasteiger partial charge in [-0.1, -0.05) is 24.3 Å². The highest BCUT2D eigenvalue weighted by Gasteiger charge is 2.50. The van der Waals surface area contributed by atoms with Gasteiger partial charge in [0.1, 0.15) is 5.78 Å². The van der Waals surface area contributed by atoms with Crippen LogP contribution in [0.25, 0.3) is 0 Å². The molecule has 1 aromatic rings. The minimum atomic E-state index is -2.86. The second-order valence-electron chi connectivity index (χ2n) is 3.78. The highest BCUT2D eigenvalue weighted by Crippen LogP contribution is 2.27. The molecule has 0 saturated heterocycles. The van der Waals surface area contributed by atoms with Gasteiger partial charge in [-0.15, -0.1) is 0 Å². The molecule has 17 heavy (non-hydrogen) atoms. The molecule has 5 nitrogen and oxygen atoms in total. The summed E-state index contributed by atoms with van der Waals surface area (Å²) in [6, 6.07) is 5.91.